The minimum atomic E-state index is -0.339. The van der Waals surface area contributed by atoms with E-state index in [1.807, 2.05) is 37.3 Å². The SMILES string of the molecule is COCC(C)CC(=O)N[C@@H](CO)c1ccccc1. The highest BCUT2D eigenvalue weighted by atomic mass is 16.5. The van der Waals surface area contributed by atoms with Crippen LogP contribution in [0.25, 0.3) is 0 Å². The van der Waals surface area contributed by atoms with Crippen molar-refractivity contribution in [3.8, 4) is 0 Å². The van der Waals surface area contributed by atoms with Gasteiger partial charge in [-0.2, -0.15) is 0 Å². The Bertz CT molecular complexity index is 353. The smallest absolute Gasteiger partial charge is 0.220 e. The first-order valence-electron chi connectivity index (χ1n) is 6.11. The Labute approximate surface area is 108 Å². The van der Waals surface area contributed by atoms with Gasteiger partial charge in [0.05, 0.1) is 12.6 Å². The molecule has 0 bridgehead atoms. The molecule has 100 valence electrons. The summed E-state index contributed by atoms with van der Waals surface area (Å²) < 4.78 is 4.99. The van der Waals surface area contributed by atoms with E-state index in [1.54, 1.807) is 7.11 Å². The topological polar surface area (TPSA) is 58.6 Å². The highest BCUT2D eigenvalue weighted by Crippen LogP contribution is 2.12. The minimum absolute atomic E-state index is 0.0672. The van der Waals surface area contributed by atoms with Crippen LogP contribution in [0.15, 0.2) is 30.3 Å². The molecule has 0 radical (unpaired) electrons. The number of ether oxygens (including phenoxy) is 1. The van der Waals surface area contributed by atoms with Gasteiger partial charge < -0.3 is 15.2 Å². The normalized spacial score (nSPS) is 13.9. The van der Waals surface area contributed by atoms with E-state index in [9.17, 15) is 9.90 Å². The molecule has 2 N–H and O–H groups in total. The van der Waals surface area contributed by atoms with Gasteiger partial charge in [0.1, 0.15) is 0 Å². The first-order chi connectivity index (χ1) is 8.67. The lowest BCUT2D eigenvalue weighted by Gasteiger charge is -2.18. The van der Waals surface area contributed by atoms with Gasteiger partial charge in [-0.1, -0.05) is 37.3 Å². The quantitative estimate of drug-likeness (QED) is 0.772. The number of nitrogens with one attached hydrogen (secondary N) is 1. The Morgan fingerprint density at radius 1 is 1.39 bits per heavy atom. The van der Waals surface area contributed by atoms with Crippen molar-refractivity contribution in [1.82, 2.24) is 5.32 Å². The van der Waals surface area contributed by atoms with Crippen molar-refractivity contribution in [2.24, 2.45) is 5.92 Å². The molecule has 0 saturated heterocycles. The number of carbonyl (C=O) groups is 1. The number of aliphatic hydroxyl groups is 1. The summed E-state index contributed by atoms with van der Waals surface area (Å²) in [6.07, 6.45) is 0.400. The van der Waals surface area contributed by atoms with E-state index in [2.05, 4.69) is 5.32 Å². The second-order valence-corrected chi connectivity index (χ2v) is 4.48. The van der Waals surface area contributed by atoms with Crippen LogP contribution in [-0.4, -0.2) is 31.3 Å². The Morgan fingerprint density at radius 2 is 2.06 bits per heavy atom. The number of methoxy groups -OCH3 is 1. The van der Waals surface area contributed by atoms with Crippen molar-refractivity contribution >= 4 is 5.91 Å². The van der Waals surface area contributed by atoms with Crippen molar-refractivity contribution in [3.05, 3.63) is 35.9 Å². The maximum Gasteiger partial charge on any atom is 0.220 e. The summed E-state index contributed by atoms with van der Waals surface area (Å²) in [4.78, 5) is 11.8. The van der Waals surface area contributed by atoms with Crippen LogP contribution in [0.3, 0.4) is 0 Å². The predicted octanol–water partition coefficient (Wildman–Crippen LogP) is 1.51. The van der Waals surface area contributed by atoms with Crippen LogP contribution in [0.4, 0.5) is 0 Å². The molecule has 4 nitrogen and oxygen atoms in total. The Balaban J connectivity index is 2.51. The van der Waals surface area contributed by atoms with Gasteiger partial charge in [-0.25, -0.2) is 0 Å². The molecular weight excluding hydrogens is 230 g/mol. The fourth-order valence-electron chi connectivity index (χ4n) is 1.83. The standard InChI is InChI=1S/C14H21NO3/c1-11(10-18-2)8-14(17)15-13(9-16)12-6-4-3-5-7-12/h3-7,11,13,16H,8-10H2,1-2H3,(H,15,17)/t11?,13-/m0/s1. The summed E-state index contributed by atoms with van der Waals surface area (Å²) in [5.74, 6) is 0.104. The molecule has 1 aromatic carbocycles. The zero-order valence-electron chi connectivity index (χ0n) is 10.9. The summed E-state index contributed by atoms with van der Waals surface area (Å²) >= 11 is 0. The molecule has 0 aliphatic carbocycles. The summed E-state index contributed by atoms with van der Waals surface area (Å²) in [6, 6.07) is 9.11. The van der Waals surface area contributed by atoms with Crippen LogP contribution in [-0.2, 0) is 9.53 Å². The number of benzene rings is 1. The van der Waals surface area contributed by atoms with Crippen LogP contribution >= 0.6 is 0 Å². The van der Waals surface area contributed by atoms with Gasteiger partial charge in [0.25, 0.3) is 0 Å². The summed E-state index contributed by atoms with van der Waals surface area (Å²) in [5, 5.41) is 12.2. The third-order valence-corrected chi connectivity index (χ3v) is 2.70. The van der Waals surface area contributed by atoms with Crippen molar-refractivity contribution < 1.29 is 14.6 Å². The number of hydrogen-bond donors (Lipinski definition) is 2. The molecule has 18 heavy (non-hydrogen) atoms. The van der Waals surface area contributed by atoms with Crippen LogP contribution in [0, 0.1) is 5.92 Å². The van der Waals surface area contributed by atoms with Gasteiger partial charge in [0.15, 0.2) is 0 Å². The molecular formula is C14H21NO3. The van der Waals surface area contributed by atoms with Gasteiger partial charge >= 0.3 is 0 Å². The van der Waals surface area contributed by atoms with Crippen LogP contribution < -0.4 is 5.32 Å². The summed E-state index contributed by atoms with van der Waals surface area (Å²) in [5.41, 5.74) is 0.910. The van der Waals surface area contributed by atoms with Gasteiger partial charge in [-0.05, 0) is 11.5 Å². The average Bonchev–Trinajstić information content (AvgIpc) is 2.37. The largest absolute Gasteiger partial charge is 0.394 e. The molecule has 0 aromatic heterocycles. The zero-order valence-corrected chi connectivity index (χ0v) is 10.9. The highest BCUT2D eigenvalue weighted by molar-refractivity contribution is 5.76. The van der Waals surface area contributed by atoms with E-state index in [-0.39, 0.29) is 24.5 Å². The molecule has 0 spiro atoms. The fourth-order valence-corrected chi connectivity index (χ4v) is 1.83. The van der Waals surface area contributed by atoms with Crippen molar-refractivity contribution in [3.63, 3.8) is 0 Å². The van der Waals surface area contributed by atoms with E-state index in [0.717, 1.165) is 5.56 Å². The van der Waals surface area contributed by atoms with Crippen LogP contribution in [0.2, 0.25) is 0 Å². The van der Waals surface area contributed by atoms with E-state index in [1.165, 1.54) is 0 Å². The molecule has 1 amide bonds. The first-order valence-corrected chi connectivity index (χ1v) is 6.11. The van der Waals surface area contributed by atoms with Crippen LogP contribution in [0.1, 0.15) is 24.9 Å². The molecule has 0 saturated carbocycles. The zero-order chi connectivity index (χ0) is 13.4. The lowest BCUT2D eigenvalue weighted by molar-refractivity contribution is -0.123. The fraction of sp³-hybridized carbons (Fsp3) is 0.500. The van der Waals surface area contributed by atoms with E-state index in [0.29, 0.717) is 13.0 Å². The molecule has 1 unspecified atom stereocenters. The number of rotatable bonds is 7. The van der Waals surface area contributed by atoms with Crippen LogP contribution in [0.5, 0.6) is 0 Å². The summed E-state index contributed by atoms with van der Waals surface area (Å²) in [6.45, 7) is 2.41. The predicted molar refractivity (Wildman–Crippen MR) is 70.1 cm³/mol. The number of amides is 1. The Morgan fingerprint density at radius 3 is 2.61 bits per heavy atom. The van der Waals surface area contributed by atoms with E-state index < -0.39 is 0 Å². The van der Waals surface area contributed by atoms with Gasteiger partial charge in [0.2, 0.25) is 5.91 Å². The van der Waals surface area contributed by atoms with E-state index >= 15 is 0 Å². The van der Waals surface area contributed by atoms with Crippen molar-refractivity contribution in [2.75, 3.05) is 20.3 Å². The van der Waals surface area contributed by atoms with Gasteiger partial charge in [-0.3, -0.25) is 4.79 Å². The van der Waals surface area contributed by atoms with Gasteiger partial charge in [-0.15, -0.1) is 0 Å². The number of hydrogen-bond acceptors (Lipinski definition) is 3. The van der Waals surface area contributed by atoms with Crippen molar-refractivity contribution in [2.45, 2.75) is 19.4 Å². The second kappa shape index (κ2) is 7.84. The average molecular weight is 251 g/mol. The molecule has 0 aliphatic heterocycles. The van der Waals surface area contributed by atoms with Crippen molar-refractivity contribution in [1.29, 1.82) is 0 Å². The first kappa shape index (κ1) is 14.7. The Hall–Kier alpha value is -1.39. The molecule has 0 fully saturated rings. The monoisotopic (exact) mass is 251 g/mol. The third kappa shape index (κ3) is 4.85. The lowest BCUT2D eigenvalue weighted by atomic mass is 10.1. The molecule has 0 aliphatic rings. The van der Waals surface area contributed by atoms with Gasteiger partial charge in [0, 0.05) is 20.1 Å². The Kier molecular flexibility index (Phi) is 6.39. The number of aliphatic hydroxyl groups excluding tert-OH is 1. The minimum Gasteiger partial charge on any atom is -0.394 e. The second-order valence-electron chi connectivity index (χ2n) is 4.48. The highest BCUT2D eigenvalue weighted by Gasteiger charge is 2.15. The lowest BCUT2D eigenvalue weighted by Crippen LogP contribution is -2.32. The molecule has 1 rings (SSSR count). The third-order valence-electron chi connectivity index (χ3n) is 2.70. The molecule has 1 aromatic rings. The molecule has 2 atom stereocenters. The molecule has 0 heterocycles. The summed E-state index contributed by atoms with van der Waals surface area (Å²) in [7, 11) is 1.62. The maximum atomic E-state index is 11.8. The molecule has 4 heteroatoms. The number of carbonyl (C=O) groups excluding carboxylic acids is 1. The van der Waals surface area contributed by atoms with E-state index in [4.69, 9.17) is 4.74 Å². The maximum absolute atomic E-state index is 11.8.